The SMILES string of the molecule is CC/C=C\C/C=C\C/C=C\C/C=C\C/C=C\CCCCCC(=O)OC(COCCCCCCCCCCCCCCCCCCCCCCCCCCC)COC1OC(COC2OC(CO)C(O)C(O)C2O)C(O)C(O)C1O. The van der Waals surface area contributed by atoms with E-state index >= 15 is 0 Å². The summed E-state index contributed by atoms with van der Waals surface area (Å²) in [7, 11) is 0. The molecule has 11 atom stereocenters. The Kier molecular flexibility index (Phi) is 46.4. The Bertz CT molecular complexity index is 1520. The topological polar surface area (TPSA) is 214 Å². The molecule has 0 amide bonds. The van der Waals surface area contributed by atoms with E-state index < -0.39 is 86.7 Å². The number of rotatable bonds is 51. The van der Waals surface area contributed by atoms with Crippen LogP contribution in [0.4, 0.5) is 0 Å². The van der Waals surface area contributed by atoms with Gasteiger partial charge in [0.2, 0.25) is 0 Å². The first-order valence-electron chi connectivity index (χ1n) is 31.4. The number of hydrogen-bond acceptors (Lipinski definition) is 14. The molecule has 2 aliphatic heterocycles. The molecule has 11 unspecified atom stereocenters. The van der Waals surface area contributed by atoms with Crippen molar-refractivity contribution in [3.8, 4) is 0 Å². The predicted octanol–water partition coefficient (Wildman–Crippen LogP) is 12.0. The second-order valence-electron chi connectivity index (χ2n) is 21.9. The van der Waals surface area contributed by atoms with Gasteiger partial charge in [0.25, 0.3) is 0 Å². The average molecular weight is 1110 g/mol. The van der Waals surface area contributed by atoms with Gasteiger partial charge in [-0.1, -0.05) is 235 Å². The van der Waals surface area contributed by atoms with Gasteiger partial charge in [-0.15, -0.1) is 0 Å². The fourth-order valence-electron chi connectivity index (χ4n) is 9.78. The summed E-state index contributed by atoms with van der Waals surface area (Å²) in [5.74, 6) is -0.404. The third-order valence-corrected chi connectivity index (χ3v) is 14.8. The zero-order valence-electron chi connectivity index (χ0n) is 48.9. The molecule has 0 aromatic rings. The van der Waals surface area contributed by atoms with Crippen LogP contribution >= 0.6 is 0 Å². The van der Waals surface area contributed by atoms with Crippen LogP contribution in [0.3, 0.4) is 0 Å². The lowest BCUT2D eigenvalue weighted by atomic mass is 9.98. The van der Waals surface area contributed by atoms with Crippen molar-refractivity contribution in [1.29, 1.82) is 0 Å². The Labute approximate surface area is 473 Å². The van der Waals surface area contributed by atoms with Crippen molar-refractivity contribution in [3.63, 3.8) is 0 Å². The maximum absolute atomic E-state index is 13.1. The van der Waals surface area contributed by atoms with Gasteiger partial charge in [0.15, 0.2) is 12.6 Å². The van der Waals surface area contributed by atoms with Gasteiger partial charge in [-0.3, -0.25) is 4.79 Å². The highest BCUT2D eigenvalue weighted by Crippen LogP contribution is 2.27. The van der Waals surface area contributed by atoms with Crippen LogP contribution in [0.2, 0.25) is 0 Å². The maximum atomic E-state index is 13.1. The standard InChI is InChI=1S/C64H114O14/c1-3-5-7-9-11-13-15-17-19-21-23-24-25-26-27-28-30-32-34-36-38-40-42-44-46-48-73-50-53(76-56(66)47-45-43-41-39-37-35-33-31-29-22-20-18-16-14-12-10-8-6-4-2)51-74-63-62(72)60(70)58(68)55(78-63)52-75-64-61(71)59(69)57(67)54(49-65)77-64/h6,8,12,14,18,20,29,31,35,37,53-55,57-65,67-72H,3-5,7,9-11,13,15-17,19,21-28,30,32-34,36,38-52H2,1-2H3/b8-6-,14-12-,20-18-,31-29-,37-35-. The molecule has 0 bridgehead atoms. The van der Waals surface area contributed by atoms with Gasteiger partial charge in [-0.2, -0.15) is 0 Å². The molecule has 0 saturated carbocycles. The summed E-state index contributed by atoms with van der Waals surface area (Å²) >= 11 is 0. The van der Waals surface area contributed by atoms with Gasteiger partial charge in [0.1, 0.15) is 54.9 Å². The van der Waals surface area contributed by atoms with Crippen molar-refractivity contribution in [2.24, 2.45) is 0 Å². The van der Waals surface area contributed by atoms with Crippen LogP contribution in [-0.2, 0) is 33.2 Å². The highest BCUT2D eigenvalue weighted by molar-refractivity contribution is 5.69. The van der Waals surface area contributed by atoms with Crippen LogP contribution in [0.1, 0.15) is 239 Å². The number of unbranched alkanes of at least 4 members (excludes halogenated alkanes) is 27. The van der Waals surface area contributed by atoms with Crippen molar-refractivity contribution in [2.75, 3.05) is 33.0 Å². The van der Waals surface area contributed by atoms with Crippen molar-refractivity contribution in [2.45, 2.75) is 306 Å². The van der Waals surface area contributed by atoms with E-state index in [1.165, 1.54) is 141 Å². The zero-order valence-corrected chi connectivity index (χ0v) is 48.9. The van der Waals surface area contributed by atoms with Crippen LogP contribution in [0.5, 0.6) is 0 Å². The third-order valence-electron chi connectivity index (χ3n) is 14.8. The lowest BCUT2D eigenvalue weighted by molar-refractivity contribution is -0.332. The van der Waals surface area contributed by atoms with E-state index in [0.29, 0.717) is 13.0 Å². The zero-order chi connectivity index (χ0) is 56.5. The van der Waals surface area contributed by atoms with Crippen LogP contribution in [0, 0.1) is 0 Å². The first-order chi connectivity index (χ1) is 38.1. The highest BCUT2D eigenvalue weighted by atomic mass is 16.7. The number of allylic oxidation sites excluding steroid dienone is 10. The lowest BCUT2D eigenvalue weighted by Crippen LogP contribution is -2.61. The summed E-state index contributed by atoms with van der Waals surface area (Å²) in [4.78, 5) is 13.1. The molecule has 0 spiro atoms. The summed E-state index contributed by atoms with van der Waals surface area (Å²) in [6.45, 7) is 3.57. The Hall–Kier alpha value is -2.31. The molecule has 2 aliphatic rings. The molecule has 0 aromatic heterocycles. The van der Waals surface area contributed by atoms with E-state index in [4.69, 9.17) is 28.4 Å². The quantitative estimate of drug-likeness (QED) is 0.0172. The van der Waals surface area contributed by atoms with Gasteiger partial charge < -0.3 is 64.2 Å². The summed E-state index contributed by atoms with van der Waals surface area (Å²) in [6, 6.07) is 0. The Balaban J connectivity index is 1.68. The van der Waals surface area contributed by atoms with Crippen molar-refractivity contribution < 1.29 is 69.0 Å². The fraction of sp³-hybridized carbons (Fsp3) is 0.828. The molecule has 2 rings (SSSR count). The fourth-order valence-corrected chi connectivity index (χ4v) is 9.78. The van der Waals surface area contributed by atoms with Crippen LogP contribution in [0.25, 0.3) is 0 Å². The first-order valence-corrected chi connectivity index (χ1v) is 31.4. The molecule has 2 saturated heterocycles. The van der Waals surface area contributed by atoms with Crippen LogP contribution in [-0.4, -0.2) is 142 Å². The summed E-state index contributed by atoms with van der Waals surface area (Å²) in [5, 5.41) is 72.4. The van der Waals surface area contributed by atoms with Crippen LogP contribution in [0.15, 0.2) is 60.8 Å². The minimum Gasteiger partial charge on any atom is -0.457 e. The summed E-state index contributed by atoms with van der Waals surface area (Å²) < 4.78 is 34.4. The minimum absolute atomic E-state index is 0.0485. The Morgan fingerprint density at radius 1 is 0.436 bits per heavy atom. The Morgan fingerprint density at radius 3 is 1.29 bits per heavy atom. The predicted molar refractivity (Wildman–Crippen MR) is 312 cm³/mol. The molecule has 0 aliphatic carbocycles. The number of carbonyl (C=O) groups is 1. The van der Waals surface area contributed by atoms with E-state index in [0.717, 1.165) is 70.6 Å². The van der Waals surface area contributed by atoms with Crippen LogP contribution < -0.4 is 0 Å². The van der Waals surface area contributed by atoms with E-state index in [2.05, 4.69) is 74.6 Å². The van der Waals surface area contributed by atoms with Gasteiger partial charge in [-0.05, 0) is 57.8 Å². The van der Waals surface area contributed by atoms with E-state index in [9.17, 15) is 40.5 Å². The van der Waals surface area contributed by atoms with Gasteiger partial charge in [0.05, 0.1) is 26.4 Å². The third kappa shape index (κ3) is 36.2. The largest absolute Gasteiger partial charge is 0.457 e. The molecule has 0 aromatic carbocycles. The lowest BCUT2D eigenvalue weighted by Gasteiger charge is -2.42. The molecular formula is C64H114O14. The molecule has 2 heterocycles. The van der Waals surface area contributed by atoms with Crippen molar-refractivity contribution in [3.05, 3.63) is 60.8 Å². The number of esters is 1. The maximum Gasteiger partial charge on any atom is 0.306 e. The monoisotopic (exact) mass is 1110 g/mol. The molecule has 454 valence electrons. The molecule has 7 N–H and O–H groups in total. The number of aliphatic hydroxyl groups excluding tert-OH is 7. The normalized spacial score (nSPS) is 24.5. The molecule has 14 nitrogen and oxygen atoms in total. The minimum atomic E-state index is -1.72. The Morgan fingerprint density at radius 2 is 0.833 bits per heavy atom. The van der Waals surface area contributed by atoms with Gasteiger partial charge >= 0.3 is 5.97 Å². The smallest absolute Gasteiger partial charge is 0.306 e. The average Bonchev–Trinajstić information content (AvgIpc) is 3.44. The molecule has 78 heavy (non-hydrogen) atoms. The van der Waals surface area contributed by atoms with Gasteiger partial charge in [0, 0.05) is 13.0 Å². The molecule has 0 radical (unpaired) electrons. The summed E-state index contributed by atoms with van der Waals surface area (Å²) in [5.41, 5.74) is 0. The van der Waals surface area contributed by atoms with Crippen molar-refractivity contribution in [1.82, 2.24) is 0 Å². The molecule has 2 fully saturated rings. The van der Waals surface area contributed by atoms with Crippen molar-refractivity contribution >= 4 is 5.97 Å². The number of ether oxygens (including phenoxy) is 6. The second-order valence-corrected chi connectivity index (χ2v) is 21.9. The summed E-state index contributed by atoms with van der Waals surface area (Å²) in [6.07, 6.45) is 47.2. The molecular weight excluding hydrogens is 993 g/mol. The highest BCUT2D eigenvalue weighted by Gasteiger charge is 2.47. The molecule has 14 heteroatoms. The number of carbonyl (C=O) groups excluding carboxylic acids is 1. The van der Waals surface area contributed by atoms with E-state index in [-0.39, 0.29) is 19.6 Å². The second kappa shape index (κ2) is 50.4. The van der Waals surface area contributed by atoms with Gasteiger partial charge in [-0.25, -0.2) is 0 Å². The number of aliphatic hydroxyl groups is 7. The van der Waals surface area contributed by atoms with E-state index in [1.54, 1.807) is 0 Å². The first kappa shape index (κ1) is 71.8. The number of hydrogen-bond donors (Lipinski definition) is 7. The van der Waals surface area contributed by atoms with E-state index in [1.807, 2.05) is 0 Å².